The molecule has 2 aliphatic rings. The highest BCUT2D eigenvalue weighted by Crippen LogP contribution is 2.38. The van der Waals surface area contributed by atoms with Gasteiger partial charge in [0, 0.05) is 19.3 Å². The molecule has 2 aromatic heterocycles. The number of rotatable bonds is 4. The summed E-state index contributed by atoms with van der Waals surface area (Å²) in [6.07, 6.45) is 3.88. The normalized spacial score (nSPS) is 17.7. The molecule has 0 aliphatic carbocycles. The van der Waals surface area contributed by atoms with Gasteiger partial charge in [-0.2, -0.15) is 0 Å². The lowest BCUT2D eigenvalue weighted by atomic mass is 10.0. The van der Waals surface area contributed by atoms with Crippen molar-refractivity contribution >= 4 is 16.9 Å². The number of hydrogen-bond donors (Lipinski definition) is 1. The zero-order chi connectivity index (χ0) is 22.2. The van der Waals surface area contributed by atoms with Gasteiger partial charge in [-0.25, -0.2) is 9.78 Å². The fourth-order valence-corrected chi connectivity index (χ4v) is 4.51. The van der Waals surface area contributed by atoms with Crippen molar-refractivity contribution in [3.05, 3.63) is 62.4 Å². The molecule has 0 saturated carbocycles. The molecule has 9 heteroatoms. The Morgan fingerprint density at radius 2 is 2.00 bits per heavy atom. The van der Waals surface area contributed by atoms with Gasteiger partial charge in [-0.1, -0.05) is 13.0 Å². The van der Waals surface area contributed by atoms with Crippen LogP contribution in [-0.4, -0.2) is 45.1 Å². The molecule has 1 saturated heterocycles. The maximum absolute atomic E-state index is 13.4. The van der Waals surface area contributed by atoms with Crippen LogP contribution in [0.2, 0.25) is 0 Å². The third-order valence-electron chi connectivity index (χ3n) is 5.99. The van der Waals surface area contributed by atoms with Gasteiger partial charge in [0.25, 0.3) is 11.5 Å². The number of nitrogens with zero attached hydrogens (tertiary/aromatic N) is 3. The minimum atomic E-state index is -0.538. The SMILES string of the molecule is CCCn1c(=O)[nH]c(=O)c2cc(C(=O)N3CCC[C@@H]3c3ccc4c(c3)OCCO4)cnc21. The first-order valence-electron chi connectivity index (χ1n) is 10.9. The van der Waals surface area contributed by atoms with Crippen LogP contribution >= 0.6 is 0 Å². The lowest BCUT2D eigenvalue weighted by Gasteiger charge is -2.27. The van der Waals surface area contributed by atoms with Gasteiger partial charge in [0.05, 0.1) is 17.0 Å². The third-order valence-corrected chi connectivity index (χ3v) is 5.99. The molecule has 166 valence electrons. The molecule has 32 heavy (non-hydrogen) atoms. The number of H-pyrrole nitrogens is 1. The van der Waals surface area contributed by atoms with Crippen molar-refractivity contribution in [2.45, 2.75) is 38.8 Å². The van der Waals surface area contributed by atoms with Crippen LogP contribution in [0.1, 0.15) is 48.1 Å². The fraction of sp³-hybridized carbons (Fsp3) is 0.391. The monoisotopic (exact) mass is 436 g/mol. The van der Waals surface area contributed by atoms with Crippen molar-refractivity contribution in [3.8, 4) is 11.5 Å². The molecule has 1 fully saturated rings. The van der Waals surface area contributed by atoms with Crippen molar-refractivity contribution < 1.29 is 14.3 Å². The van der Waals surface area contributed by atoms with E-state index in [2.05, 4.69) is 9.97 Å². The second kappa shape index (κ2) is 8.14. The molecule has 2 aliphatic heterocycles. The number of carbonyl (C=O) groups is 1. The summed E-state index contributed by atoms with van der Waals surface area (Å²) in [6.45, 7) is 4.02. The van der Waals surface area contributed by atoms with Crippen LogP contribution in [0, 0.1) is 0 Å². The molecular weight excluding hydrogens is 412 g/mol. The van der Waals surface area contributed by atoms with Crippen LogP contribution < -0.4 is 20.7 Å². The van der Waals surface area contributed by atoms with E-state index < -0.39 is 11.2 Å². The van der Waals surface area contributed by atoms with E-state index in [9.17, 15) is 14.4 Å². The fourth-order valence-electron chi connectivity index (χ4n) is 4.51. The van der Waals surface area contributed by atoms with Crippen LogP contribution in [0.5, 0.6) is 11.5 Å². The molecule has 1 amide bonds. The molecular formula is C23H24N4O5. The summed E-state index contributed by atoms with van der Waals surface area (Å²) in [7, 11) is 0. The first kappa shape index (κ1) is 20.3. The van der Waals surface area contributed by atoms with E-state index in [4.69, 9.17) is 9.47 Å². The number of aromatic amines is 1. The Bertz CT molecular complexity index is 1310. The van der Waals surface area contributed by atoms with Gasteiger partial charge in [-0.05, 0) is 43.0 Å². The van der Waals surface area contributed by atoms with Crippen molar-refractivity contribution in [2.24, 2.45) is 0 Å². The summed E-state index contributed by atoms with van der Waals surface area (Å²) in [4.78, 5) is 46.4. The zero-order valence-corrected chi connectivity index (χ0v) is 17.8. The van der Waals surface area contributed by atoms with Gasteiger partial charge in [0.15, 0.2) is 11.5 Å². The van der Waals surface area contributed by atoms with Crippen molar-refractivity contribution in [1.29, 1.82) is 0 Å². The van der Waals surface area contributed by atoms with Gasteiger partial charge in [-0.15, -0.1) is 0 Å². The highest BCUT2D eigenvalue weighted by molar-refractivity contribution is 5.97. The van der Waals surface area contributed by atoms with E-state index in [1.165, 1.54) is 16.8 Å². The molecule has 1 N–H and O–H groups in total. The lowest BCUT2D eigenvalue weighted by molar-refractivity contribution is 0.0735. The number of fused-ring (bicyclic) bond motifs is 2. The Morgan fingerprint density at radius 1 is 1.19 bits per heavy atom. The molecule has 0 radical (unpaired) electrons. The van der Waals surface area contributed by atoms with Crippen molar-refractivity contribution in [3.63, 3.8) is 0 Å². The van der Waals surface area contributed by atoms with Crippen LogP contribution in [0.3, 0.4) is 0 Å². The van der Waals surface area contributed by atoms with Gasteiger partial charge in [0.1, 0.15) is 18.9 Å². The predicted octanol–water partition coefficient (Wildman–Crippen LogP) is 2.24. The number of aromatic nitrogens is 3. The largest absolute Gasteiger partial charge is 0.486 e. The van der Waals surface area contributed by atoms with Crippen LogP contribution in [0.4, 0.5) is 0 Å². The minimum absolute atomic E-state index is 0.0960. The number of pyridine rings is 1. The summed E-state index contributed by atoms with van der Waals surface area (Å²) < 4.78 is 12.7. The summed E-state index contributed by atoms with van der Waals surface area (Å²) in [5, 5.41) is 0.235. The van der Waals surface area contributed by atoms with Crippen LogP contribution in [-0.2, 0) is 6.54 Å². The van der Waals surface area contributed by atoms with Crippen LogP contribution in [0.15, 0.2) is 40.1 Å². The smallest absolute Gasteiger partial charge is 0.329 e. The summed E-state index contributed by atoms with van der Waals surface area (Å²) in [6, 6.07) is 7.23. The maximum Gasteiger partial charge on any atom is 0.329 e. The molecule has 1 atom stereocenters. The molecule has 5 rings (SSSR count). The molecule has 4 heterocycles. The Morgan fingerprint density at radius 3 is 2.81 bits per heavy atom. The number of ether oxygens (including phenoxy) is 2. The van der Waals surface area contributed by atoms with E-state index in [-0.39, 0.29) is 17.3 Å². The molecule has 1 aromatic carbocycles. The second-order valence-corrected chi connectivity index (χ2v) is 8.07. The minimum Gasteiger partial charge on any atom is -0.486 e. The van der Waals surface area contributed by atoms with E-state index in [0.29, 0.717) is 55.4 Å². The summed E-state index contributed by atoms with van der Waals surface area (Å²) in [5.74, 6) is 1.22. The molecule has 0 spiro atoms. The predicted molar refractivity (Wildman–Crippen MR) is 117 cm³/mol. The van der Waals surface area contributed by atoms with Crippen molar-refractivity contribution in [2.75, 3.05) is 19.8 Å². The van der Waals surface area contributed by atoms with E-state index in [0.717, 1.165) is 18.4 Å². The van der Waals surface area contributed by atoms with Crippen molar-refractivity contribution in [1.82, 2.24) is 19.4 Å². The summed E-state index contributed by atoms with van der Waals surface area (Å²) in [5.41, 5.74) is 0.582. The van der Waals surface area contributed by atoms with Gasteiger partial charge >= 0.3 is 5.69 Å². The molecule has 3 aromatic rings. The number of carbonyl (C=O) groups excluding carboxylic acids is 1. The second-order valence-electron chi connectivity index (χ2n) is 8.07. The van der Waals surface area contributed by atoms with Crippen LogP contribution in [0.25, 0.3) is 11.0 Å². The lowest BCUT2D eigenvalue weighted by Crippen LogP contribution is -2.33. The number of benzene rings is 1. The first-order chi connectivity index (χ1) is 15.6. The summed E-state index contributed by atoms with van der Waals surface area (Å²) >= 11 is 0. The van der Waals surface area contributed by atoms with E-state index in [1.807, 2.05) is 30.0 Å². The Labute approximate surface area is 183 Å². The average molecular weight is 436 g/mol. The van der Waals surface area contributed by atoms with Gasteiger partial charge in [0.2, 0.25) is 0 Å². The zero-order valence-electron chi connectivity index (χ0n) is 17.8. The number of nitrogens with one attached hydrogen (secondary N) is 1. The standard InChI is InChI=1S/C23H24N4O5/c1-2-7-27-20-16(21(28)25-23(27)30)11-15(13-24-20)22(29)26-8-3-4-17(26)14-5-6-18-19(12-14)32-10-9-31-18/h5-6,11-13,17H,2-4,7-10H2,1H3,(H,25,28,30)/t17-/m1/s1. The Kier molecular flexibility index (Phi) is 5.16. The Balaban J connectivity index is 1.49. The Hall–Kier alpha value is -3.62. The molecule has 9 nitrogen and oxygen atoms in total. The molecule has 0 unspecified atom stereocenters. The highest BCUT2D eigenvalue weighted by atomic mass is 16.6. The number of aryl methyl sites for hydroxylation is 1. The maximum atomic E-state index is 13.4. The third kappa shape index (κ3) is 3.43. The van der Waals surface area contributed by atoms with Gasteiger partial charge < -0.3 is 14.4 Å². The topological polar surface area (TPSA) is 107 Å². The average Bonchev–Trinajstić information content (AvgIpc) is 3.30. The van der Waals surface area contributed by atoms with E-state index >= 15 is 0 Å². The number of amides is 1. The highest BCUT2D eigenvalue weighted by Gasteiger charge is 2.32. The molecule has 0 bridgehead atoms. The number of likely N-dealkylation sites (tertiary alicyclic amines) is 1. The first-order valence-corrected chi connectivity index (χ1v) is 10.9. The van der Waals surface area contributed by atoms with E-state index in [1.54, 1.807) is 0 Å². The quantitative estimate of drug-likeness (QED) is 0.672. The van der Waals surface area contributed by atoms with Gasteiger partial charge in [-0.3, -0.25) is 19.1 Å². The number of hydrogen-bond acceptors (Lipinski definition) is 6.